The second-order valence-corrected chi connectivity index (χ2v) is 2.17. The summed E-state index contributed by atoms with van der Waals surface area (Å²) in [6, 6.07) is 0. The minimum Gasteiger partial charge on any atom is -0.470 e. The van der Waals surface area contributed by atoms with Crippen LogP contribution in [0.15, 0.2) is 0 Å². The molecule has 0 aliphatic heterocycles. The third-order valence-corrected chi connectivity index (χ3v) is 1.16. The lowest BCUT2D eigenvalue weighted by Crippen LogP contribution is -2.42. The topological polar surface area (TPSA) is 50.4 Å². The van der Waals surface area contributed by atoms with Crippen molar-refractivity contribution in [1.29, 1.82) is 0 Å². The lowest BCUT2D eigenvalue weighted by molar-refractivity contribution is -0.119. The SMILES string of the molecule is CCOC(=S)NNC(=O)CCl. The highest BCUT2D eigenvalue weighted by molar-refractivity contribution is 7.80. The number of halogens is 1. The molecule has 11 heavy (non-hydrogen) atoms. The molecule has 0 atom stereocenters. The van der Waals surface area contributed by atoms with Crippen LogP contribution in [0.2, 0.25) is 0 Å². The number of alkyl halides is 1. The fourth-order valence-electron chi connectivity index (χ4n) is 0.321. The molecule has 0 aliphatic rings. The van der Waals surface area contributed by atoms with Gasteiger partial charge in [-0.2, -0.15) is 0 Å². The van der Waals surface area contributed by atoms with E-state index in [0.29, 0.717) is 6.61 Å². The maximum absolute atomic E-state index is 10.5. The number of carbonyl (C=O) groups is 1. The summed E-state index contributed by atoms with van der Waals surface area (Å²) in [4.78, 5) is 10.5. The van der Waals surface area contributed by atoms with E-state index in [1.165, 1.54) is 0 Å². The van der Waals surface area contributed by atoms with E-state index in [4.69, 9.17) is 16.3 Å². The molecule has 0 aromatic heterocycles. The van der Waals surface area contributed by atoms with Crippen molar-refractivity contribution in [3.05, 3.63) is 0 Å². The van der Waals surface area contributed by atoms with Crippen molar-refractivity contribution in [2.24, 2.45) is 0 Å². The molecule has 6 heteroatoms. The Bertz CT molecular complexity index is 153. The number of amides is 1. The van der Waals surface area contributed by atoms with Gasteiger partial charge in [-0.05, 0) is 19.1 Å². The summed E-state index contributed by atoms with van der Waals surface area (Å²) in [7, 11) is 0. The molecule has 0 unspecified atom stereocenters. The Morgan fingerprint density at radius 1 is 1.64 bits per heavy atom. The molecule has 2 N–H and O–H groups in total. The summed E-state index contributed by atoms with van der Waals surface area (Å²) < 4.78 is 4.80. The van der Waals surface area contributed by atoms with Gasteiger partial charge in [0.25, 0.3) is 11.1 Å². The zero-order chi connectivity index (χ0) is 8.69. The Balaban J connectivity index is 3.38. The third kappa shape index (κ3) is 5.87. The van der Waals surface area contributed by atoms with Gasteiger partial charge in [0.1, 0.15) is 5.88 Å². The predicted octanol–water partition coefficient (Wildman–Crippen LogP) is 0.167. The summed E-state index contributed by atoms with van der Waals surface area (Å²) >= 11 is 9.80. The van der Waals surface area contributed by atoms with Gasteiger partial charge >= 0.3 is 0 Å². The van der Waals surface area contributed by atoms with Gasteiger partial charge in [-0.15, -0.1) is 11.6 Å². The molecule has 0 radical (unpaired) electrons. The molecule has 0 aromatic rings. The number of ether oxygens (including phenoxy) is 1. The van der Waals surface area contributed by atoms with Crippen molar-refractivity contribution in [2.45, 2.75) is 6.92 Å². The molecule has 0 aromatic carbocycles. The molecule has 0 saturated heterocycles. The number of hydrazine groups is 1. The van der Waals surface area contributed by atoms with Crippen molar-refractivity contribution in [3.8, 4) is 0 Å². The van der Waals surface area contributed by atoms with Crippen LogP contribution < -0.4 is 10.9 Å². The minimum absolute atomic E-state index is 0.109. The highest BCUT2D eigenvalue weighted by Crippen LogP contribution is 1.75. The third-order valence-electron chi connectivity index (χ3n) is 0.701. The Morgan fingerprint density at radius 2 is 2.27 bits per heavy atom. The van der Waals surface area contributed by atoms with E-state index in [2.05, 4.69) is 23.1 Å². The summed E-state index contributed by atoms with van der Waals surface area (Å²) in [5.74, 6) is -0.462. The van der Waals surface area contributed by atoms with Gasteiger partial charge in [0, 0.05) is 0 Å². The first-order chi connectivity index (χ1) is 5.20. The number of hydrogen-bond donors (Lipinski definition) is 2. The van der Waals surface area contributed by atoms with Crippen molar-refractivity contribution in [3.63, 3.8) is 0 Å². The van der Waals surface area contributed by atoms with E-state index >= 15 is 0 Å². The van der Waals surface area contributed by atoms with Gasteiger partial charge in [0.15, 0.2) is 0 Å². The van der Waals surface area contributed by atoms with E-state index < -0.39 is 0 Å². The lowest BCUT2D eigenvalue weighted by Gasteiger charge is -2.07. The molecule has 0 aliphatic carbocycles. The van der Waals surface area contributed by atoms with Crippen LogP contribution in [0.3, 0.4) is 0 Å². The minimum atomic E-state index is -0.353. The zero-order valence-electron chi connectivity index (χ0n) is 6.02. The first-order valence-corrected chi connectivity index (χ1v) is 3.92. The molecule has 0 bridgehead atoms. The van der Waals surface area contributed by atoms with Gasteiger partial charge in [-0.25, -0.2) is 0 Å². The van der Waals surface area contributed by atoms with E-state index in [-0.39, 0.29) is 17.0 Å². The standard InChI is InChI=1S/C5H9ClN2O2S/c1-2-10-5(11)8-7-4(9)3-6/h2-3H2,1H3,(H,7,9)(H,8,11). The summed E-state index contributed by atoms with van der Waals surface area (Å²) in [5.41, 5.74) is 4.59. The van der Waals surface area contributed by atoms with Gasteiger partial charge < -0.3 is 4.74 Å². The summed E-state index contributed by atoms with van der Waals surface area (Å²) in [6.07, 6.45) is 0. The highest BCUT2D eigenvalue weighted by atomic mass is 35.5. The number of rotatable bonds is 2. The fourth-order valence-corrected chi connectivity index (χ4v) is 0.557. The summed E-state index contributed by atoms with van der Waals surface area (Å²) in [5, 5.41) is 0.131. The van der Waals surface area contributed by atoms with Crippen molar-refractivity contribution in [1.82, 2.24) is 10.9 Å². The molecule has 0 spiro atoms. The van der Waals surface area contributed by atoms with Gasteiger partial charge in [0.05, 0.1) is 6.61 Å². The normalized spacial score (nSPS) is 8.55. The summed E-state index contributed by atoms with van der Waals surface area (Å²) in [6.45, 7) is 2.25. The number of thiocarbonyl (C=S) groups is 1. The molecule has 0 saturated carbocycles. The average Bonchev–Trinajstić information content (AvgIpc) is 2.01. The van der Waals surface area contributed by atoms with Crippen LogP contribution in [-0.2, 0) is 9.53 Å². The first kappa shape index (κ1) is 10.4. The number of hydrogen-bond acceptors (Lipinski definition) is 3. The largest absolute Gasteiger partial charge is 0.470 e. The molecule has 1 amide bonds. The number of nitrogens with one attached hydrogen (secondary N) is 2. The van der Waals surface area contributed by atoms with Crippen molar-refractivity contribution in [2.75, 3.05) is 12.5 Å². The van der Waals surface area contributed by atoms with E-state index in [9.17, 15) is 4.79 Å². The van der Waals surface area contributed by atoms with Crippen LogP contribution in [-0.4, -0.2) is 23.6 Å². The Hall–Kier alpha value is -0.550. The molecule has 0 heterocycles. The van der Waals surface area contributed by atoms with Gasteiger partial charge in [0.2, 0.25) is 0 Å². The van der Waals surface area contributed by atoms with Crippen LogP contribution in [0.1, 0.15) is 6.92 Å². The maximum Gasteiger partial charge on any atom is 0.275 e. The Morgan fingerprint density at radius 3 is 2.73 bits per heavy atom. The van der Waals surface area contributed by atoms with Crippen LogP contribution in [0.5, 0.6) is 0 Å². The average molecular weight is 197 g/mol. The van der Waals surface area contributed by atoms with Crippen LogP contribution in [0.4, 0.5) is 0 Å². The maximum atomic E-state index is 10.5. The first-order valence-electron chi connectivity index (χ1n) is 2.98. The lowest BCUT2D eigenvalue weighted by atomic mass is 10.7. The fraction of sp³-hybridized carbons (Fsp3) is 0.600. The molecule has 4 nitrogen and oxygen atoms in total. The van der Waals surface area contributed by atoms with Crippen LogP contribution in [0, 0.1) is 0 Å². The van der Waals surface area contributed by atoms with Crippen LogP contribution >= 0.6 is 23.8 Å². The second kappa shape index (κ2) is 6.18. The number of carbonyl (C=O) groups excluding carboxylic acids is 1. The van der Waals surface area contributed by atoms with E-state index in [0.717, 1.165) is 0 Å². The van der Waals surface area contributed by atoms with Crippen molar-refractivity contribution < 1.29 is 9.53 Å². The van der Waals surface area contributed by atoms with Gasteiger partial charge in [-0.1, -0.05) is 0 Å². The zero-order valence-corrected chi connectivity index (χ0v) is 7.59. The molecule has 64 valence electrons. The van der Waals surface area contributed by atoms with Crippen molar-refractivity contribution >= 4 is 34.9 Å². The Kier molecular flexibility index (Phi) is 5.87. The predicted molar refractivity (Wildman–Crippen MR) is 46.2 cm³/mol. The smallest absolute Gasteiger partial charge is 0.275 e. The van der Waals surface area contributed by atoms with Crippen LogP contribution in [0.25, 0.3) is 0 Å². The molecular weight excluding hydrogens is 188 g/mol. The highest BCUT2D eigenvalue weighted by Gasteiger charge is 1.98. The second-order valence-electron chi connectivity index (χ2n) is 1.53. The quantitative estimate of drug-likeness (QED) is 0.376. The molecule has 0 rings (SSSR count). The van der Waals surface area contributed by atoms with Gasteiger partial charge in [-0.3, -0.25) is 15.6 Å². The molecular formula is C5H9ClN2O2S. The van der Waals surface area contributed by atoms with E-state index in [1.54, 1.807) is 6.92 Å². The van der Waals surface area contributed by atoms with E-state index in [1.807, 2.05) is 0 Å². The molecule has 0 fully saturated rings. The Labute approximate surface area is 75.2 Å². The monoisotopic (exact) mass is 196 g/mol.